The number of nitrogens with zero attached hydrogens (tertiary/aromatic N) is 3. The highest BCUT2D eigenvalue weighted by Crippen LogP contribution is 2.20. The van der Waals surface area contributed by atoms with Crippen molar-refractivity contribution in [2.24, 2.45) is 0 Å². The maximum absolute atomic E-state index is 5.74. The van der Waals surface area contributed by atoms with Gasteiger partial charge < -0.3 is 10.7 Å². The summed E-state index contributed by atoms with van der Waals surface area (Å²) in [5.41, 5.74) is 8.36. The van der Waals surface area contributed by atoms with Crippen molar-refractivity contribution in [3.8, 4) is 0 Å². The van der Waals surface area contributed by atoms with Crippen molar-refractivity contribution in [2.75, 3.05) is 5.73 Å². The van der Waals surface area contributed by atoms with Crippen LogP contribution in [0.1, 0.15) is 18.8 Å². The van der Waals surface area contributed by atoms with E-state index in [9.17, 15) is 0 Å². The molecule has 0 saturated heterocycles. The predicted molar refractivity (Wildman–Crippen MR) is 66.5 cm³/mol. The number of H-pyrrole nitrogens is 1. The van der Waals surface area contributed by atoms with E-state index < -0.39 is 0 Å². The van der Waals surface area contributed by atoms with E-state index in [2.05, 4.69) is 15.1 Å². The Hall–Kier alpha value is -2.30. The third-order valence-electron chi connectivity index (χ3n) is 2.84. The molecular formula is C12H13N5. The maximum atomic E-state index is 5.74. The number of aromatic nitrogens is 4. The molecule has 0 aliphatic heterocycles. The minimum Gasteiger partial charge on any atom is -0.399 e. The first-order chi connectivity index (χ1) is 8.24. The van der Waals surface area contributed by atoms with E-state index in [1.165, 1.54) is 0 Å². The second-order valence-corrected chi connectivity index (χ2v) is 4.06. The van der Waals surface area contributed by atoms with E-state index in [1.54, 1.807) is 6.20 Å². The van der Waals surface area contributed by atoms with Crippen LogP contribution in [0, 0.1) is 0 Å². The number of hydrogen-bond acceptors (Lipinski definition) is 3. The van der Waals surface area contributed by atoms with Gasteiger partial charge in [0.25, 0.3) is 0 Å². The minimum absolute atomic E-state index is 0.0821. The lowest BCUT2D eigenvalue weighted by molar-refractivity contribution is 0.542. The molecule has 3 aromatic rings. The Balaban J connectivity index is 2.06. The molecule has 17 heavy (non-hydrogen) atoms. The van der Waals surface area contributed by atoms with Crippen LogP contribution in [0.5, 0.6) is 0 Å². The van der Waals surface area contributed by atoms with Gasteiger partial charge in [-0.2, -0.15) is 5.10 Å². The van der Waals surface area contributed by atoms with Gasteiger partial charge in [-0.3, -0.25) is 4.68 Å². The normalized spacial score (nSPS) is 13.0. The fraction of sp³-hybridized carbons (Fsp3) is 0.167. The first-order valence-corrected chi connectivity index (χ1v) is 5.48. The summed E-state index contributed by atoms with van der Waals surface area (Å²) in [6, 6.07) is 7.64. The van der Waals surface area contributed by atoms with E-state index in [0.717, 1.165) is 22.5 Å². The van der Waals surface area contributed by atoms with Crippen LogP contribution in [0.15, 0.2) is 36.7 Å². The van der Waals surface area contributed by atoms with E-state index in [4.69, 9.17) is 5.73 Å². The molecule has 5 nitrogen and oxygen atoms in total. The third-order valence-corrected chi connectivity index (χ3v) is 2.84. The Morgan fingerprint density at radius 1 is 1.41 bits per heavy atom. The first-order valence-electron chi connectivity index (χ1n) is 5.48. The largest absolute Gasteiger partial charge is 0.399 e. The highest BCUT2D eigenvalue weighted by molar-refractivity contribution is 5.78. The number of benzene rings is 1. The lowest BCUT2D eigenvalue weighted by Gasteiger charge is -2.08. The molecule has 1 atom stereocenters. The number of anilines is 1. The highest BCUT2D eigenvalue weighted by Gasteiger charge is 2.12. The zero-order valence-electron chi connectivity index (χ0n) is 9.46. The lowest BCUT2D eigenvalue weighted by Crippen LogP contribution is -2.08. The number of fused-ring (bicyclic) bond motifs is 1. The summed E-state index contributed by atoms with van der Waals surface area (Å²) in [5.74, 6) is 0.884. The molecule has 5 heteroatoms. The van der Waals surface area contributed by atoms with E-state index in [0.29, 0.717) is 0 Å². The van der Waals surface area contributed by atoms with Gasteiger partial charge in [0.1, 0.15) is 11.9 Å². The summed E-state index contributed by atoms with van der Waals surface area (Å²) in [6.07, 6.45) is 3.68. The summed E-state index contributed by atoms with van der Waals surface area (Å²) in [5, 5.41) is 4.21. The van der Waals surface area contributed by atoms with Gasteiger partial charge in [0.05, 0.1) is 11.0 Å². The molecule has 0 amide bonds. The molecule has 2 heterocycles. The predicted octanol–water partition coefficient (Wildman–Crippen LogP) is 1.95. The fourth-order valence-corrected chi connectivity index (χ4v) is 1.88. The lowest BCUT2D eigenvalue weighted by atomic mass is 10.3. The minimum atomic E-state index is 0.0821. The molecule has 0 fully saturated rings. The Bertz CT molecular complexity index is 638. The molecular weight excluding hydrogens is 214 g/mol. The molecule has 0 aliphatic carbocycles. The first kappa shape index (κ1) is 9.89. The number of nitrogens with two attached hydrogens (primary N) is 1. The van der Waals surface area contributed by atoms with Gasteiger partial charge in [-0.05, 0) is 31.2 Å². The van der Waals surface area contributed by atoms with Crippen molar-refractivity contribution >= 4 is 16.7 Å². The standard InChI is InChI=1S/C12H13N5/c1-8(17-6-2-5-14-17)12-15-10-4-3-9(13)7-11(10)16-12/h2-8H,13H2,1H3,(H,15,16). The Kier molecular flexibility index (Phi) is 2.11. The van der Waals surface area contributed by atoms with Crippen molar-refractivity contribution in [3.63, 3.8) is 0 Å². The maximum Gasteiger partial charge on any atom is 0.131 e. The topological polar surface area (TPSA) is 72.5 Å². The van der Waals surface area contributed by atoms with Crippen LogP contribution in [-0.4, -0.2) is 19.7 Å². The van der Waals surface area contributed by atoms with Crippen LogP contribution < -0.4 is 5.73 Å². The number of nitrogen functional groups attached to an aromatic ring is 1. The third kappa shape index (κ3) is 1.65. The molecule has 0 saturated carbocycles. The molecule has 0 bridgehead atoms. The zero-order valence-corrected chi connectivity index (χ0v) is 9.46. The Morgan fingerprint density at radius 3 is 3.06 bits per heavy atom. The molecule has 3 rings (SSSR count). The number of aromatic amines is 1. The zero-order chi connectivity index (χ0) is 11.8. The Morgan fingerprint density at radius 2 is 2.29 bits per heavy atom. The van der Waals surface area contributed by atoms with E-state index in [1.807, 2.05) is 42.1 Å². The highest BCUT2D eigenvalue weighted by atomic mass is 15.3. The van der Waals surface area contributed by atoms with Crippen LogP contribution in [0.4, 0.5) is 5.69 Å². The SMILES string of the molecule is CC(c1nc2ccc(N)cc2[nH]1)n1cccn1. The van der Waals surface area contributed by atoms with Crippen molar-refractivity contribution in [3.05, 3.63) is 42.5 Å². The molecule has 2 aromatic heterocycles. The number of nitrogens with one attached hydrogen (secondary N) is 1. The van der Waals surface area contributed by atoms with Gasteiger partial charge in [0.15, 0.2) is 0 Å². The number of hydrogen-bond donors (Lipinski definition) is 2. The summed E-state index contributed by atoms with van der Waals surface area (Å²) in [6.45, 7) is 2.05. The smallest absolute Gasteiger partial charge is 0.131 e. The van der Waals surface area contributed by atoms with E-state index >= 15 is 0 Å². The molecule has 0 aliphatic rings. The van der Waals surface area contributed by atoms with Crippen LogP contribution in [0.25, 0.3) is 11.0 Å². The molecule has 0 radical (unpaired) electrons. The van der Waals surface area contributed by atoms with E-state index in [-0.39, 0.29) is 6.04 Å². The number of imidazole rings is 1. The average molecular weight is 227 g/mol. The number of rotatable bonds is 2. The van der Waals surface area contributed by atoms with Gasteiger partial charge in [-0.1, -0.05) is 0 Å². The van der Waals surface area contributed by atoms with Crippen LogP contribution in [0.3, 0.4) is 0 Å². The van der Waals surface area contributed by atoms with Crippen LogP contribution >= 0.6 is 0 Å². The summed E-state index contributed by atoms with van der Waals surface area (Å²) >= 11 is 0. The van der Waals surface area contributed by atoms with Crippen molar-refractivity contribution in [1.29, 1.82) is 0 Å². The fourth-order valence-electron chi connectivity index (χ4n) is 1.88. The monoisotopic (exact) mass is 227 g/mol. The van der Waals surface area contributed by atoms with Crippen molar-refractivity contribution in [2.45, 2.75) is 13.0 Å². The van der Waals surface area contributed by atoms with Crippen LogP contribution in [0.2, 0.25) is 0 Å². The average Bonchev–Trinajstić information content (AvgIpc) is 2.96. The van der Waals surface area contributed by atoms with Crippen molar-refractivity contribution < 1.29 is 0 Å². The quantitative estimate of drug-likeness (QED) is 0.657. The van der Waals surface area contributed by atoms with Crippen LogP contribution in [-0.2, 0) is 0 Å². The van der Waals surface area contributed by atoms with Crippen molar-refractivity contribution in [1.82, 2.24) is 19.7 Å². The molecule has 3 N–H and O–H groups in total. The second-order valence-electron chi connectivity index (χ2n) is 4.06. The summed E-state index contributed by atoms with van der Waals surface area (Å²) in [7, 11) is 0. The van der Waals surface area contributed by atoms with Gasteiger partial charge >= 0.3 is 0 Å². The Labute approximate surface area is 98.3 Å². The van der Waals surface area contributed by atoms with Gasteiger partial charge in [0, 0.05) is 18.1 Å². The molecule has 86 valence electrons. The second kappa shape index (κ2) is 3.62. The summed E-state index contributed by atoms with van der Waals surface area (Å²) in [4.78, 5) is 7.81. The van der Waals surface area contributed by atoms with Gasteiger partial charge in [-0.25, -0.2) is 4.98 Å². The molecule has 0 spiro atoms. The summed E-state index contributed by atoms with van der Waals surface area (Å²) < 4.78 is 1.86. The van der Waals surface area contributed by atoms with Gasteiger partial charge in [-0.15, -0.1) is 0 Å². The molecule has 1 aromatic carbocycles. The van der Waals surface area contributed by atoms with Gasteiger partial charge in [0.2, 0.25) is 0 Å². The molecule has 1 unspecified atom stereocenters.